The zero-order valence-electron chi connectivity index (χ0n) is 17.4. The molecule has 3 rings (SSSR count). The van der Waals surface area contributed by atoms with E-state index >= 15 is 0 Å². The van der Waals surface area contributed by atoms with E-state index < -0.39 is 21.0 Å². The van der Waals surface area contributed by atoms with Gasteiger partial charge in [-0.15, -0.1) is 0 Å². The molecular formula is C20H26N4O6S. The monoisotopic (exact) mass is 450 g/mol. The Morgan fingerprint density at radius 2 is 1.87 bits per heavy atom. The normalized spacial score (nSPS) is 15.5. The van der Waals surface area contributed by atoms with Crippen LogP contribution in [-0.4, -0.2) is 59.4 Å². The summed E-state index contributed by atoms with van der Waals surface area (Å²) in [5.74, 6) is 0. The molecule has 0 aromatic heterocycles. The minimum absolute atomic E-state index is 0.182. The van der Waals surface area contributed by atoms with Crippen LogP contribution >= 0.6 is 0 Å². The van der Waals surface area contributed by atoms with Gasteiger partial charge in [0.1, 0.15) is 5.69 Å². The number of methoxy groups -OCH3 is 1. The molecule has 10 nitrogen and oxygen atoms in total. The molecule has 0 amide bonds. The summed E-state index contributed by atoms with van der Waals surface area (Å²) in [6.45, 7) is 4.81. The van der Waals surface area contributed by atoms with Crippen LogP contribution in [0, 0.1) is 10.1 Å². The summed E-state index contributed by atoms with van der Waals surface area (Å²) in [5, 5.41) is 14.6. The zero-order chi connectivity index (χ0) is 22.4. The van der Waals surface area contributed by atoms with Crippen molar-refractivity contribution in [1.29, 1.82) is 0 Å². The molecule has 1 atom stereocenters. The lowest BCUT2D eigenvalue weighted by Gasteiger charge is -2.28. The van der Waals surface area contributed by atoms with Gasteiger partial charge in [0, 0.05) is 43.7 Å². The lowest BCUT2D eigenvalue weighted by Crippen LogP contribution is -2.36. The van der Waals surface area contributed by atoms with Gasteiger partial charge in [-0.1, -0.05) is 0 Å². The molecule has 0 radical (unpaired) electrons. The van der Waals surface area contributed by atoms with Gasteiger partial charge in [0.2, 0.25) is 10.0 Å². The molecule has 0 spiro atoms. The van der Waals surface area contributed by atoms with Crippen molar-refractivity contribution < 1.29 is 22.8 Å². The number of hydrogen-bond acceptors (Lipinski definition) is 8. The molecule has 2 N–H and O–H groups in total. The largest absolute Gasteiger partial charge is 0.383 e. The van der Waals surface area contributed by atoms with Crippen LogP contribution in [-0.2, 0) is 19.5 Å². The van der Waals surface area contributed by atoms with Crippen molar-refractivity contribution in [3.8, 4) is 0 Å². The van der Waals surface area contributed by atoms with Gasteiger partial charge >= 0.3 is 0 Å². The van der Waals surface area contributed by atoms with Gasteiger partial charge in [-0.3, -0.25) is 10.1 Å². The van der Waals surface area contributed by atoms with Crippen molar-refractivity contribution in [2.45, 2.75) is 17.9 Å². The summed E-state index contributed by atoms with van der Waals surface area (Å²) in [4.78, 5) is 13.0. The number of nitrogens with zero attached hydrogens (tertiary/aromatic N) is 2. The fraction of sp³-hybridized carbons (Fsp3) is 0.400. The molecule has 1 aliphatic rings. The van der Waals surface area contributed by atoms with E-state index in [-0.39, 0.29) is 22.9 Å². The van der Waals surface area contributed by atoms with Crippen LogP contribution < -0.4 is 14.9 Å². The van der Waals surface area contributed by atoms with E-state index in [9.17, 15) is 18.5 Å². The van der Waals surface area contributed by atoms with Crippen LogP contribution in [0.2, 0.25) is 0 Å². The van der Waals surface area contributed by atoms with Crippen LogP contribution in [0.3, 0.4) is 0 Å². The van der Waals surface area contributed by atoms with E-state index in [0.717, 1.165) is 24.8 Å². The Balaban J connectivity index is 1.79. The number of morpholine rings is 1. The molecule has 11 heteroatoms. The quantitative estimate of drug-likeness (QED) is 0.441. The van der Waals surface area contributed by atoms with Gasteiger partial charge in [-0.05, 0) is 43.3 Å². The summed E-state index contributed by atoms with van der Waals surface area (Å²) >= 11 is 0. The Morgan fingerprint density at radius 1 is 1.19 bits per heavy atom. The van der Waals surface area contributed by atoms with Crippen molar-refractivity contribution in [1.82, 2.24) is 4.72 Å². The zero-order valence-corrected chi connectivity index (χ0v) is 18.2. The minimum Gasteiger partial charge on any atom is -0.383 e. The van der Waals surface area contributed by atoms with E-state index in [1.54, 1.807) is 6.92 Å². The maximum atomic E-state index is 12.5. The molecule has 1 saturated heterocycles. The second-order valence-corrected chi connectivity index (χ2v) is 8.90. The molecule has 1 aliphatic heterocycles. The summed E-state index contributed by atoms with van der Waals surface area (Å²) in [6.07, 6.45) is 0. The van der Waals surface area contributed by atoms with Gasteiger partial charge in [0.15, 0.2) is 0 Å². The second-order valence-electron chi connectivity index (χ2n) is 7.19. The topological polar surface area (TPSA) is 123 Å². The average molecular weight is 451 g/mol. The third-order valence-corrected chi connectivity index (χ3v) is 6.36. The fourth-order valence-corrected chi connectivity index (χ4v) is 4.53. The molecule has 0 saturated carbocycles. The van der Waals surface area contributed by atoms with Crippen molar-refractivity contribution >= 4 is 32.8 Å². The first-order chi connectivity index (χ1) is 14.8. The van der Waals surface area contributed by atoms with Crippen LogP contribution in [0.15, 0.2) is 47.4 Å². The van der Waals surface area contributed by atoms with Gasteiger partial charge in [-0.2, -0.15) is 0 Å². The Kier molecular flexibility index (Phi) is 7.44. The van der Waals surface area contributed by atoms with Crippen LogP contribution in [0.5, 0.6) is 0 Å². The first-order valence-electron chi connectivity index (χ1n) is 9.79. The fourth-order valence-electron chi connectivity index (χ4n) is 3.28. The van der Waals surface area contributed by atoms with Crippen LogP contribution in [0.25, 0.3) is 0 Å². The van der Waals surface area contributed by atoms with Gasteiger partial charge in [0.05, 0.1) is 29.6 Å². The smallest absolute Gasteiger partial charge is 0.294 e. The number of ether oxygens (including phenoxy) is 2. The number of anilines is 3. The highest BCUT2D eigenvalue weighted by Crippen LogP contribution is 2.31. The van der Waals surface area contributed by atoms with Gasteiger partial charge in [0.25, 0.3) is 5.69 Å². The average Bonchev–Trinajstić information content (AvgIpc) is 2.74. The number of nitro groups is 1. The van der Waals surface area contributed by atoms with E-state index in [2.05, 4.69) is 14.9 Å². The number of hydrogen-bond donors (Lipinski definition) is 2. The summed E-state index contributed by atoms with van der Waals surface area (Å²) < 4.78 is 37.8. The molecule has 1 fully saturated rings. The van der Waals surface area contributed by atoms with Crippen LogP contribution in [0.4, 0.5) is 22.7 Å². The maximum absolute atomic E-state index is 12.5. The number of nitrogens with one attached hydrogen (secondary N) is 2. The number of sulfonamides is 1. The number of rotatable bonds is 9. The minimum atomic E-state index is -3.92. The maximum Gasteiger partial charge on any atom is 0.294 e. The van der Waals surface area contributed by atoms with Crippen molar-refractivity contribution in [3.63, 3.8) is 0 Å². The molecule has 0 bridgehead atoms. The lowest BCUT2D eigenvalue weighted by molar-refractivity contribution is -0.384. The van der Waals surface area contributed by atoms with Crippen molar-refractivity contribution in [3.05, 3.63) is 52.6 Å². The third kappa shape index (κ3) is 5.91. The molecule has 2 aromatic carbocycles. The SMILES string of the molecule is COCC(C)NS(=O)(=O)c1ccc(Nc2ccc(N3CCOCC3)cc2)c([N+](=O)[O-])c1. The molecule has 1 unspecified atom stereocenters. The van der Waals surface area contributed by atoms with E-state index in [4.69, 9.17) is 9.47 Å². The molecule has 0 aliphatic carbocycles. The molecular weight excluding hydrogens is 424 g/mol. The summed E-state index contributed by atoms with van der Waals surface area (Å²) in [6, 6.07) is 10.8. The standard InChI is InChI=1S/C20H26N4O6S/c1-15(14-29-2)22-31(27,28)18-7-8-19(20(13-18)24(25)26)21-16-3-5-17(6-4-16)23-9-11-30-12-10-23/h3-8,13,15,21-22H,9-12,14H2,1-2H3. The van der Waals surface area contributed by atoms with E-state index in [1.165, 1.54) is 19.2 Å². The van der Waals surface area contributed by atoms with Crippen LogP contribution in [0.1, 0.15) is 6.92 Å². The molecule has 1 heterocycles. The number of nitro benzene ring substituents is 1. The van der Waals surface area contributed by atoms with Gasteiger partial charge < -0.3 is 19.7 Å². The summed E-state index contributed by atoms with van der Waals surface area (Å²) in [5.41, 5.74) is 1.57. The van der Waals surface area contributed by atoms with Gasteiger partial charge in [-0.25, -0.2) is 13.1 Å². The molecule has 31 heavy (non-hydrogen) atoms. The summed E-state index contributed by atoms with van der Waals surface area (Å²) in [7, 11) is -2.46. The van der Waals surface area contributed by atoms with Crippen molar-refractivity contribution in [2.24, 2.45) is 0 Å². The Morgan fingerprint density at radius 3 is 2.48 bits per heavy atom. The lowest BCUT2D eigenvalue weighted by atomic mass is 10.2. The predicted molar refractivity (Wildman–Crippen MR) is 118 cm³/mol. The first kappa shape index (κ1) is 22.9. The number of benzene rings is 2. The Labute approximate surface area is 181 Å². The van der Waals surface area contributed by atoms with E-state index in [1.807, 2.05) is 24.3 Å². The third-order valence-electron chi connectivity index (χ3n) is 4.77. The predicted octanol–water partition coefficient (Wildman–Crippen LogP) is 2.49. The highest BCUT2D eigenvalue weighted by molar-refractivity contribution is 7.89. The highest BCUT2D eigenvalue weighted by atomic mass is 32.2. The first-order valence-corrected chi connectivity index (χ1v) is 11.3. The Bertz CT molecular complexity index is 1010. The van der Waals surface area contributed by atoms with E-state index in [0.29, 0.717) is 18.9 Å². The highest BCUT2D eigenvalue weighted by Gasteiger charge is 2.23. The van der Waals surface area contributed by atoms with Crippen molar-refractivity contribution in [2.75, 3.05) is 50.2 Å². The second kappa shape index (κ2) is 10.1. The molecule has 2 aromatic rings. The molecule has 168 valence electrons. The Hall–Kier alpha value is -2.73.